The van der Waals surface area contributed by atoms with E-state index in [-0.39, 0.29) is 12.6 Å². The number of thiophene rings is 1. The molecule has 2 rings (SSSR count). The molecule has 24 heavy (non-hydrogen) atoms. The third-order valence-corrected chi connectivity index (χ3v) is 4.26. The number of nitrogens with one attached hydrogen (secondary N) is 2. The van der Waals surface area contributed by atoms with Gasteiger partial charge in [-0.1, -0.05) is 11.6 Å². The van der Waals surface area contributed by atoms with Crippen molar-refractivity contribution in [1.82, 2.24) is 5.32 Å². The highest BCUT2D eigenvalue weighted by molar-refractivity contribution is 7.07. The van der Waals surface area contributed by atoms with Gasteiger partial charge in [0.1, 0.15) is 11.9 Å². The lowest BCUT2D eigenvalue weighted by molar-refractivity contribution is -0.136. The molecule has 0 fully saturated rings. The topological polar surface area (TPSA) is 76.7 Å². The van der Waals surface area contributed by atoms with Gasteiger partial charge in [-0.3, -0.25) is 9.59 Å². The number of hydrogen-bond donors (Lipinski definition) is 2. The molecule has 0 aliphatic heterocycles. The van der Waals surface area contributed by atoms with Crippen LogP contribution in [0, 0.1) is 0 Å². The third kappa shape index (κ3) is 4.70. The van der Waals surface area contributed by atoms with E-state index in [9.17, 15) is 9.59 Å². The smallest absolute Gasteiger partial charge is 0.313 e. The summed E-state index contributed by atoms with van der Waals surface area (Å²) >= 11 is 7.51. The lowest BCUT2D eigenvalue weighted by Gasteiger charge is -2.15. The van der Waals surface area contributed by atoms with Gasteiger partial charge < -0.3 is 20.1 Å². The van der Waals surface area contributed by atoms with Gasteiger partial charge in [-0.15, -0.1) is 0 Å². The molecule has 0 aliphatic rings. The maximum atomic E-state index is 11.9. The number of amides is 2. The Morgan fingerprint density at radius 3 is 2.62 bits per heavy atom. The Morgan fingerprint density at radius 1 is 1.25 bits per heavy atom. The summed E-state index contributed by atoms with van der Waals surface area (Å²) in [6, 6.07) is 6.62. The highest BCUT2D eigenvalue weighted by Crippen LogP contribution is 2.27. The van der Waals surface area contributed by atoms with Crippen LogP contribution in [-0.2, 0) is 14.3 Å². The zero-order valence-electron chi connectivity index (χ0n) is 13.2. The molecule has 2 N–H and O–H groups in total. The Labute approximate surface area is 148 Å². The molecule has 1 aromatic heterocycles. The van der Waals surface area contributed by atoms with Crippen LogP contribution in [0.3, 0.4) is 0 Å². The number of carbonyl (C=O) groups is 2. The van der Waals surface area contributed by atoms with Crippen LogP contribution in [0.2, 0.25) is 5.02 Å². The van der Waals surface area contributed by atoms with Crippen molar-refractivity contribution in [1.29, 1.82) is 0 Å². The Bertz CT molecular complexity index is 706. The van der Waals surface area contributed by atoms with Gasteiger partial charge in [-0.05, 0) is 40.6 Å². The molecule has 2 aromatic rings. The van der Waals surface area contributed by atoms with Gasteiger partial charge in [0.05, 0.1) is 12.1 Å². The van der Waals surface area contributed by atoms with Crippen LogP contribution in [0.4, 0.5) is 5.69 Å². The van der Waals surface area contributed by atoms with Crippen LogP contribution in [0.25, 0.3) is 0 Å². The number of rotatable bonds is 6. The number of methoxy groups -OCH3 is 2. The number of hydrogen-bond acceptors (Lipinski definition) is 5. The fraction of sp³-hybridized carbons (Fsp3) is 0.250. The van der Waals surface area contributed by atoms with Crippen molar-refractivity contribution in [3.05, 3.63) is 45.6 Å². The van der Waals surface area contributed by atoms with Gasteiger partial charge in [0.15, 0.2) is 0 Å². The molecule has 1 atom stereocenters. The lowest BCUT2D eigenvalue weighted by atomic mass is 10.2. The molecule has 1 unspecified atom stereocenters. The Hall–Kier alpha value is -2.09. The maximum Gasteiger partial charge on any atom is 0.313 e. The monoisotopic (exact) mass is 368 g/mol. The average Bonchev–Trinajstić information content (AvgIpc) is 3.09. The summed E-state index contributed by atoms with van der Waals surface area (Å²) in [5, 5.41) is 9.22. The first kappa shape index (κ1) is 18.3. The normalized spacial score (nSPS) is 11.6. The molecule has 0 bridgehead atoms. The zero-order valence-corrected chi connectivity index (χ0v) is 14.7. The molecular formula is C16H17ClN2O4S. The highest BCUT2D eigenvalue weighted by Gasteiger charge is 2.17. The first-order valence-electron chi connectivity index (χ1n) is 7.02. The molecule has 2 amide bonds. The van der Waals surface area contributed by atoms with Crippen LogP contribution < -0.4 is 15.4 Å². The van der Waals surface area contributed by atoms with Crippen molar-refractivity contribution in [3.63, 3.8) is 0 Å². The average molecular weight is 369 g/mol. The minimum absolute atomic E-state index is 0.197. The second-order valence-corrected chi connectivity index (χ2v) is 5.98. The van der Waals surface area contributed by atoms with Crippen LogP contribution in [0.15, 0.2) is 35.0 Å². The summed E-state index contributed by atoms with van der Waals surface area (Å²) in [6.45, 7) is 0.197. The van der Waals surface area contributed by atoms with Gasteiger partial charge in [-0.2, -0.15) is 11.3 Å². The highest BCUT2D eigenvalue weighted by atomic mass is 35.5. The standard InChI is InChI=1S/C16H17ClN2O4S/c1-22-13-4-3-11(7-12(13)17)19-16(21)15(20)18-8-14(23-2)10-5-6-24-9-10/h3-7,9,14H,8H2,1-2H3,(H,18,20)(H,19,21). The lowest BCUT2D eigenvalue weighted by Crippen LogP contribution is -2.37. The van der Waals surface area contributed by atoms with E-state index < -0.39 is 11.8 Å². The Balaban J connectivity index is 1.90. The van der Waals surface area contributed by atoms with E-state index in [0.717, 1.165) is 5.56 Å². The summed E-state index contributed by atoms with van der Waals surface area (Å²) in [7, 11) is 3.04. The van der Waals surface area contributed by atoms with Crippen LogP contribution in [0.5, 0.6) is 5.75 Å². The van der Waals surface area contributed by atoms with Crippen LogP contribution in [-0.4, -0.2) is 32.6 Å². The predicted molar refractivity (Wildman–Crippen MR) is 93.7 cm³/mol. The molecule has 0 saturated carbocycles. The summed E-state index contributed by atoms with van der Waals surface area (Å²) in [5.41, 5.74) is 1.35. The van der Waals surface area contributed by atoms with Gasteiger partial charge in [0.25, 0.3) is 0 Å². The van der Waals surface area contributed by atoms with Crippen LogP contribution in [0.1, 0.15) is 11.7 Å². The fourth-order valence-corrected chi connectivity index (χ4v) is 2.95. The molecule has 128 valence electrons. The number of carbonyl (C=O) groups excluding carboxylic acids is 2. The molecule has 8 heteroatoms. The van der Waals surface area contributed by atoms with Crippen molar-refractivity contribution in [2.75, 3.05) is 26.1 Å². The number of anilines is 1. The van der Waals surface area contributed by atoms with Crippen molar-refractivity contribution in [3.8, 4) is 5.75 Å². The fourth-order valence-electron chi connectivity index (χ4n) is 1.99. The van der Waals surface area contributed by atoms with Crippen molar-refractivity contribution in [2.45, 2.75) is 6.10 Å². The summed E-state index contributed by atoms with van der Waals surface area (Å²) in [4.78, 5) is 23.8. The number of benzene rings is 1. The molecule has 1 aromatic carbocycles. The third-order valence-electron chi connectivity index (χ3n) is 3.26. The van der Waals surface area contributed by atoms with Gasteiger partial charge in [0.2, 0.25) is 0 Å². The summed E-state index contributed by atoms with van der Waals surface area (Å²) < 4.78 is 10.3. The molecule has 0 aliphatic carbocycles. The van der Waals surface area contributed by atoms with E-state index in [0.29, 0.717) is 16.5 Å². The molecule has 0 saturated heterocycles. The van der Waals surface area contributed by atoms with Gasteiger partial charge >= 0.3 is 11.8 Å². The largest absolute Gasteiger partial charge is 0.495 e. The molecular weight excluding hydrogens is 352 g/mol. The summed E-state index contributed by atoms with van der Waals surface area (Å²) in [6.07, 6.45) is -0.302. The Morgan fingerprint density at radius 2 is 2.04 bits per heavy atom. The second kappa shape index (κ2) is 8.68. The first-order chi connectivity index (χ1) is 11.5. The van der Waals surface area contributed by atoms with E-state index in [4.69, 9.17) is 21.1 Å². The Kier molecular flexibility index (Phi) is 6.60. The molecule has 6 nitrogen and oxygen atoms in total. The van der Waals surface area contributed by atoms with Crippen LogP contribution >= 0.6 is 22.9 Å². The molecule has 0 radical (unpaired) electrons. The SMILES string of the molecule is COc1ccc(NC(=O)C(=O)NCC(OC)c2ccsc2)cc1Cl. The minimum atomic E-state index is -0.781. The number of halogens is 1. The second-order valence-electron chi connectivity index (χ2n) is 4.79. The molecule has 1 heterocycles. The van der Waals surface area contributed by atoms with Crippen molar-refractivity contribution in [2.24, 2.45) is 0 Å². The van der Waals surface area contributed by atoms with E-state index in [1.54, 1.807) is 19.2 Å². The maximum absolute atomic E-state index is 11.9. The summed E-state index contributed by atoms with van der Waals surface area (Å²) in [5.74, 6) is -1.05. The minimum Gasteiger partial charge on any atom is -0.495 e. The van der Waals surface area contributed by atoms with Crippen molar-refractivity contribution >= 4 is 40.4 Å². The van der Waals surface area contributed by atoms with E-state index in [2.05, 4.69) is 10.6 Å². The number of ether oxygens (including phenoxy) is 2. The van der Waals surface area contributed by atoms with Gasteiger partial charge in [0, 0.05) is 19.3 Å². The first-order valence-corrected chi connectivity index (χ1v) is 8.34. The van der Waals surface area contributed by atoms with Gasteiger partial charge in [-0.25, -0.2) is 0 Å². The van der Waals surface area contributed by atoms with E-state index >= 15 is 0 Å². The zero-order chi connectivity index (χ0) is 17.5. The van der Waals surface area contributed by atoms with Crippen molar-refractivity contribution < 1.29 is 19.1 Å². The quantitative estimate of drug-likeness (QED) is 0.769. The van der Waals surface area contributed by atoms with E-state index in [1.807, 2.05) is 16.8 Å². The predicted octanol–water partition coefficient (Wildman–Crippen LogP) is 2.85. The molecule has 0 spiro atoms. The van der Waals surface area contributed by atoms with E-state index in [1.165, 1.54) is 24.5 Å².